The van der Waals surface area contributed by atoms with E-state index in [4.69, 9.17) is 11.6 Å². The van der Waals surface area contributed by atoms with Crippen molar-refractivity contribution in [3.63, 3.8) is 0 Å². The maximum Gasteiger partial charge on any atom is 0.243 e. The Bertz CT molecular complexity index is 1010. The van der Waals surface area contributed by atoms with Gasteiger partial charge in [0.05, 0.1) is 20.0 Å². The molecule has 164 valence electrons. The standard InChI is InChI=1S/C13H16ClNO4S.C7H7BrFN/c1-13(17)4-6-15(7-5-13)20(18,19)11-2-3-12(14)10(8-11)9-16;1-10-5-2-3-7(9)6(8)4-5/h2-3,8-9,17H,4-7H2,1H3;2-4,10H,1H3. The molecule has 0 atom stereocenters. The molecule has 2 aromatic rings. The second-order valence-electron chi connectivity index (χ2n) is 7.08. The highest BCUT2D eigenvalue weighted by Gasteiger charge is 2.34. The molecule has 2 aromatic carbocycles. The maximum absolute atomic E-state index is 12.6. The first-order valence-corrected chi connectivity index (χ1v) is 11.7. The summed E-state index contributed by atoms with van der Waals surface area (Å²) in [4.78, 5) is 10.9. The van der Waals surface area contributed by atoms with Crippen LogP contribution in [0.2, 0.25) is 5.02 Å². The van der Waals surface area contributed by atoms with Gasteiger partial charge >= 0.3 is 0 Å². The minimum atomic E-state index is -3.66. The van der Waals surface area contributed by atoms with E-state index in [2.05, 4.69) is 21.2 Å². The first-order chi connectivity index (χ1) is 14.0. The fourth-order valence-electron chi connectivity index (χ4n) is 2.78. The van der Waals surface area contributed by atoms with Crippen molar-refractivity contribution in [3.8, 4) is 0 Å². The number of sulfonamides is 1. The quantitative estimate of drug-likeness (QED) is 0.585. The van der Waals surface area contributed by atoms with Crippen LogP contribution in [0.5, 0.6) is 0 Å². The van der Waals surface area contributed by atoms with Crippen molar-refractivity contribution in [3.05, 3.63) is 57.3 Å². The molecule has 0 spiro atoms. The van der Waals surface area contributed by atoms with Crippen LogP contribution in [0, 0.1) is 5.82 Å². The van der Waals surface area contributed by atoms with E-state index < -0.39 is 15.6 Å². The third kappa shape index (κ3) is 6.24. The van der Waals surface area contributed by atoms with E-state index in [0.717, 1.165) is 5.69 Å². The molecule has 0 aromatic heterocycles. The molecule has 1 fully saturated rings. The monoisotopic (exact) mass is 520 g/mol. The zero-order valence-corrected chi connectivity index (χ0v) is 19.7. The van der Waals surface area contributed by atoms with Crippen molar-refractivity contribution in [2.24, 2.45) is 0 Å². The number of hydrogen-bond donors (Lipinski definition) is 2. The summed E-state index contributed by atoms with van der Waals surface area (Å²) in [6.45, 7) is 2.21. The van der Waals surface area contributed by atoms with Gasteiger partial charge < -0.3 is 10.4 Å². The summed E-state index contributed by atoms with van der Waals surface area (Å²) >= 11 is 8.87. The number of hydrogen-bond acceptors (Lipinski definition) is 5. The topological polar surface area (TPSA) is 86.7 Å². The largest absolute Gasteiger partial charge is 0.390 e. The van der Waals surface area contributed by atoms with Crippen LogP contribution in [-0.2, 0) is 10.0 Å². The second kappa shape index (κ2) is 10.2. The maximum atomic E-state index is 12.6. The van der Waals surface area contributed by atoms with Gasteiger partial charge in [-0.2, -0.15) is 4.31 Å². The van der Waals surface area contributed by atoms with Crippen LogP contribution in [0.1, 0.15) is 30.1 Å². The van der Waals surface area contributed by atoms with Gasteiger partial charge in [0, 0.05) is 31.4 Å². The van der Waals surface area contributed by atoms with E-state index in [1.165, 1.54) is 28.6 Å². The number of rotatable bonds is 4. The molecule has 0 bridgehead atoms. The summed E-state index contributed by atoms with van der Waals surface area (Å²) in [6.07, 6.45) is 1.31. The number of aldehydes is 1. The average molecular weight is 522 g/mol. The minimum Gasteiger partial charge on any atom is -0.390 e. The van der Waals surface area contributed by atoms with Crippen molar-refractivity contribution in [1.82, 2.24) is 4.31 Å². The molecule has 0 unspecified atom stereocenters. The molecule has 1 aliphatic rings. The molecule has 1 aliphatic heterocycles. The Morgan fingerprint density at radius 3 is 2.40 bits per heavy atom. The lowest BCUT2D eigenvalue weighted by Gasteiger charge is -2.35. The molecule has 0 radical (unpaired) electrons. The molecule has 0 saturated carbocycles. The molecule has 6 nitrogen and oxygen atoms in total. The molecule has 30 heavy (non-hydrogen) atoms. The molecular weight excluding hydrogens is 499 g/mol. The van der Waals surface area contributed by atoms with Gasteiger partial charge in [-0.05, 0) is 72.1 Å². The highest BCUT2D eigenvalue weighted by Crippen LogP contribution is 2.27. The van der Waals surface area contributed by atoms with Crippen molar-refractivity contribution < 1.29 is 22.7 Å². The van der Waals surface area contributed by atoms with Crippen LogP contribution in [0.4, 0.5) is 10.1 Å². The summed E-state index contributed by atoms with van der Waals surface area (Å²) in [7, 11) is -1.87. The number of carbonyl (C=O) groups is 1. The average Bonchev–Trinajstić information content (AvgIpc) is 2.70. The van der Waals surface area contributed by atoms with E-state index >= 15 is 0 Å². The Labute approximate surface area is 189 Å². The molecular formula is C20H23BrClFN2O4S. The van der Waals surface area contributed by atoms with E-state index in [9.17, 15) is 22.7 Å². The van der Waals surface area contributed by atoms with Crippen LogP contribution >= 0.6 is 27.5 Å². The zero-order valence-electron chi connectivity index (χ0n) is 16.5. The predicted octanol–water partition coefficient (Wildman–Crippen LogP) is 4.32. The van der Waals surface area contributed by atoms with Crippen LogP contribution in [0.3, 0.4) is 0 Å². The summed E-state index contributed by atoms with van der Waals surface area (Å²) in [5, 5.41) is 13.0. The van der Waals surface area contributed by atoms with Crippen LogP contribution in [-0.4, -0.2) is 49.9 Å². The number of nitrogens with one attached hydrogen (secondary N) is 1. The highest BCUT2D eigenvalue weighted by atomic mass is 79.9. The molecule has 0 amide bonds. The number of piperidine rings is 1. The Kier molecular flexibility index (Phi) is 8.41. The van der Waals surface area contributed by atoms with Gasteiger partial charge in [-0.15, -0.1) is 0 Å². The van der Waals surface area contributed by atoms with E-state index in [1.807, 2.05) is 0 Å². The Morgan fingerprint density at radius 2 is 1.87 bits per heavy atom. The van der Waals surface area contributed by atoms with Crippen molar-refractivity contribution in [2.45, 2.75) is 30.3 Å². The Hall–Kier alpha value is -1.52. The van der Waals surface area contributed by atoms with Gasteiger partial charge in [0.2, 0.25) is 10.0 Å². The number of carbonyl (C=O) groups excluding carboxylic acids is 1. The summed E-state index contributed by atoms with van der Waals surface area (Å²) < 4.78 is 39.3. The van der Waals surface area contributed by atoms with Gasteiger partial charge in [-0.3, -0.25) is 4.79 Å². The van der Waals surface area contributed by atoms with E-state index in [1.54, 1.807) is 26.1 Å². The summed E-state index contributed by atoms with van der Waals surface area (Å²) in [5.41, 5.74) is 0.227. The number of halogens is 3. The van der Waals surface area contributed by atoms with Crippen molar-refractivity contribution in [2.75, 3.05) is 25.5 Å². The lowest BCUT2D eigenvalue weighted by molar-refractivity contribution is 0.0126. The Balaban J connectivity index is 0.000000269. The van der Waals surface area contributed by atoms with Gasteiger partial charge in [0.25, 0.3) is 0 Å². The molecule has 1 heterocycles. The molecule has 2 N–H and O–H groups in total. The van der Waals surface area contributed by atoms with Gasteiger partial charge in [0.15, 0.2) is 6.29 Å². The smallest absolute Gasteiger partial charge is 0.243 e. The highest BCUT2D eigenvalue weighted by molar-refractivity contribution is 9.10. The normalized spacial score (nSPS) is 16.3. The fourth-order valence-corrected chi connectivity index (χ4v) is 4.80. The third-order valence-corrected chi connectivity index (χ3v) is 7.59. The summed E-state index contributed by atoms with van der Waals surface area (Å²) in [6, 6.07) is 8.85. The SMILES string of the molecule is CC1(O)CCN(S(=O)(=O)c2ccc(Cl)c(C=O)c2)CC1.CNc1ccc(F)c(Br)c1. The molecule has 3 rings (SSSR count). The lowest BCUT2D eigenvalue weighted by atomic mass is 9.95. The van der Waals surface area contributed by atoms with Crippen LogP contribution in [0.15, 0.2) is 45.8 Å². The number of aliphatic hydroxyl groups is 1. The predicted molar refractivity (Wildman–Crippen MR) is 119 cm³/mol. The van der Waals surface area contributed by atoms with Gasteiger partial charge in [0.1, 0.15) is 5.82 Å². The van der Waals surface area contributed by atoms with Crippen LogP contribution < -0.4 is 5.32 Å². The lowest BCUT2D eigenvalue weighted by Crippen LogP contribution is -2.45. The number of anilines is 1. The molecule has 0 aliphatic carbocycles. The van der Waals surface area contributed by atoms with Gasteiger partial charge in [-0.1, -0.05) is 11.6 Å². The van der Waals surface area contributed by atoms with Crippen molar-refractivity contribution >= 4 is 49.5 Å². The van der Waals surface area contributed by atoms with E-state index in [0.29, 0.717) is 23.6 Å². The minimum absolute atomic E-state index is 0.0468. The second-order valence-corrected chi connectivity index (χ2v) is 10.3. The number of nitrogens with zero attached hydrogens (tertiary/aromatic N) is 1. The van der Waals surface area contributed by atoms with Crippen LogP contribution in [0.25, 0.3) is 0 Å². The van der Waals surface area contributed by atoms with E-state index in [-0.39, 0.29) is 34.4 Å². The third-order valence-electron chi connectivity index (χ3n) is 4.74. The van der Waals surface area contributed by atoms with Gasteiger partial charge in [-0.25, -0.2) is 12.8 Å². The molecule has 1 saturated heterocycles. The first kappa shape index (κ1) is 24.7. The molecule has 10 heteroatoms. The summed E-state index contributed by atoms with van der Waals surface area (Å²) in [5.74, 6) is -0.237. The van der Waals surface area contributed by atoms with Crippen molar-refractivity contribution in [1.29, 1.82) is 0 Å². The Morgan fingerprint density at radius 1 is 1.23 bits per heavy atom. The first-order valence-electron chi connectivity index (χ1n) is 9.10. The number of benzene rings is 2. The fraction of sp³-hybridized carbons (Fsp3) is 0.350. The zero-order chi connectivity index (χ0) is 22.5.